The largest absolute Gasteiger partial charge is 0.433 e. The number of ether oxygens (including phenoxy) is 1. The second-order valence-electron chi connectivity index (χ2n) is 6.62. The lowest BCUT2D eigenvalue weighted by Gasteiger charge is -2.27. The minimum atomic E-state index is -4.55. The van der Waals surface area contributed by atoms with Crippen LogP contribution in [0.1, 0.15) is 11.5 Å². The molecule has 152 valence electrons. The Morgan fingerprint density at radius 2 is 1.79 bits per heavy atom. The van der Waals surface area contributed by atoms with Crippen LogP contribution < -0.4 is 10.5 Å². The van der Waals surface area contributed by atoms with E-state index in [0.717, 1.165) is 12.3 Å². The number of nitrogens with zero attached hydrogens (tertiary/aromatic N) is 6. The first kappa shape index (κ1) is 19.2. The van der Waals surface area contributed by atoms with Gasteiger partial charge in [0.05, 0.1) is 13.2 Å². The molecular formula is C18H17F3N6O2. The molecule has 0 radical (unpaired) electrons. The van der Waals surface area contributed by atoms with Gasteiger partial charge in [-0.1, -0.05) is 0 Å². The molecule has 0 bridgehead atoms. The summed E-state index contributed by atoms with van der Waals surface area (Å²) in [6.07, 6.45) is -3.46. The summed E-state index contributed by atoms with van der Waals surface area (Å²) in [4.78, 5) is 31.5. The van der Waals surface area contributed by atoms with Gasteiger partial charge in [0.25, 0.3) is 5.56 Å². The fourth-order valence-electron chi connectivity index (χ4n) is 3.05. The van der Waals surface area contributed by atoms with Gasteiger partial charge in [0.1, 0.15) is 22.7 Å². The SMILES string of the molecule is Cc1nc2c(-c3ccc(C(F)(F)F)nc3)nc(N3CCOCC3)nc2c(=O)n1C. The Balaban J connectivity index is 1.94. The van der Waals surface area contributed by atoms with E-state index in [9.17, 15) is 18.0 Å². The molecule has 3 aromatic heterocycles. The van der Waals surface area contributed by atoms with Crippen LogP contribution in [-0.4, -0.2) is 50.8 Å². The predicted octanol–water partition coefficient (Wildman–Crippen LogP) is 1.95. The highest BCUT2D eigenvalue weighted by Gasteiger charge is 2.32. The monoisotopic (exact) mass is 406 g/mol. The molecule has 1 fully saturated rings. The van der Waals surface area contributed by atoms with Crippen molar-refractivity contribution in [3.63, 3.8) is 0 Å². The topological polar surface area (TPSA) is 86.0 Å². The maximum Gasteiger partial charge on any atom is 0.433 e. The molecular weight excluding hydrogens is 389 g/mol. The normalized spacial score (nSPS) is 15.1. The Morgan fingerprint density at radius 3 is 2.41 bits per heavy atom. The summed E-state index contributed by atoms with van der Waals surface area (Å²) in [5.41, 5.74) is -0.453. The van der Waals surface area contributed by atoms with Gasteiger partial charge in [-0.15, -0.1) is 0 Å². The zero-order valence-electron chi connectivity index (χ0n) is 15.7. The Hall–Kier alpha value is -3.08. The van der Waals surface area contributed by atoms with Gasteiger partial charge in [0, 0.05) is 31.9 Å². The Bertz CT molecular complexity index is 1120. The zero-order chi connectivity index (χ0) is 20.8. The van der Waals surface area contributed by atoms with Crippen LogP contribution in [0.3, 0.4) is 0 Å². The van der Waals surface area contributed by atoms with Gasteiger partial charge >= 0.3 is 6.18 Å². The first-order valence-electron chi connectivity index (χ1n) is 8.87. The maximum atomic E-state index is 12.9. The average Bonchev–Trinajstić information content (AvgIpc) is 2.72. The summed E-state index contributed by atoms with van der Waals surface area (Å²) in [7, 11) is 1.58. The van der Waals surface area contributed by atoms with Crippen LogP contribution in [0, 0.1) is 6.92 Å². The molecule has 1 saturated heterocycles. The summed E-state index contributed by atoms with van der Waals surface area (Å²) in [6, 6.07) is 2.15. The Kier molecular flexibility index (Phi) is 4.69. The van der Waals surface area contributed by atoms with Crippen LogP contribution in [0.5, 0.6) is 0 Å². The highest BCUT2D eigenvalue weighted by molar-refractivity contribution is 5.89. The van der Waals surface area contributed by atoms with Crippen molar-refractivity contribution >= 4 is 17.0 Å². The molecule has 4 heterocycles. The van der Waals surface area contributed by atoms with Crippen LogP contribution >= 0.6 is 0 Å². The Labute approximate surface area is 163 Å². The number of aromatic nitrogens is 5. The molecule has 4 rings (SSSR count). The Morgan fingerprint density at radius 1 is 1.07 bits per heavy atom. The lowest BCUT2D eigenvalue weighted by Crippen LogP contribution is -2.37. The fourth-order valence-corrected chi connectivity index (χ4v) is 3.05. The summed E-state index contributed by atoms with van der Waals surface area (Å²) in [5, 5.41) is 0. The van der Waals surface area contributed by atoms with E-state index in [1.165, 1.54) is 10.6 Å². The number of hydrogen-bond donors (Lipinski definition) is 0. The van der Waals surface area contributed by atoms with Crippen molar-refractivity contribution in [1.82, 2.24) is 24.5 Å². The number of anilines is 1. The van der Waals surface area contributed by atoms with Gasteiger partial charge in [-0.3, -0.25) is 14.3 Å². The highest BCUT2D eigenvalue weighted by atomic mass is 19.4. The quantitative estimate of drug-likeness (QED) is 0.643. The first-order valence-corrected chi connectivity index (χ1v) is 8.87. The van der Waals surface area contributed by atoms with Crippen LogP contribution in [0.4, 0.5) is 19.1 Å². The molecule has 0 aliphatic carbocycles. The van der Waals surface area contributed by atoms with Crippen molar-refractivity contribution in [2.24, 2.45) is 7.05 Å². The number of fused-ring (bicyclic) bond motifs is 1. The van der Waals surface area contributed by atoms with E-state index < -0.39 is 11.9 Å². The third kappa shape index (κ3) is 3.53. The number of halogens is 3. The van der Waals surface area contributed by atoms with Crippen molar-refractivity contribution in [3.8, 4) is 11.3 Å². The molecule has 0 atom stereocenters. The predicted molar refractivity (Wildman–Crippen MR) is 98.6 cm³/mol. The van der Waals surface area contributed by atoms with E-state index in [2.05, 4.69) is 19.9 Å². The van der Waals surface area contributed by atoms with Crippen molar-refractivity contribution in [2.75, 3.05) is 31.2 Å². The van der Waals surface area contributed by atoms with Gasteiger partial charge in [0.15, 0.2) is 5.52 Å². The van der Waals surface area contributed by atoms with Gasteiger partial charge < -0.3 is 9.64 Å². The number of aryl methyl sites for hydroxylation is 1. The average molecular weight is 406 g/mol. The van der Waals surface area contributed by atoms with Gasteiger partial charge in [-0.2, -0.15) is 13.2 Å². The van der Waals surface area contributed by atoms with E-state index in [0.29, 0.717) is 43.6 Å². The number of morpholine rings is 1. The molecule has 1 aliphatic heterocycles. The highest BCUT2D eigenvalue weighted by Crippen LogP contribution is 2.30. The van der Waals surface area contributed by atoms with Gasteiger partial charge in [0.2, 0.25) is 5.95 Å². The lowest BCUT2D eigenvalue weighted by molar-refractivity contribution is -0.141. The number of alkyl halides is 3. The number of hydrogen-bond acceptors (Lipinski definition) is 7. The first-order chi connectivity index (χ1) is 13.8. The van der Waals surface area contributed by atoms with Crippen LogP contribution in [0.2, 0.25) is 0 Å². The van der Waals surface area contributed by atoms with Crippen molar-refractivity contribution in [2.45, 2.75) is 13.1 Å². The van der Waals surface area contributed by atoms with Crippen LogP contribution in [0.25, 0.3) is 22.3 Å². The molecule has 1 aliphatic rings. The van der Waals surface area contributed by atoms with E-state index in [-0.39, 0.29) is 22.3 Å². The smallest absolute Gasteiger partial charge is 0.378 e. The molecule has 8 nitrogen and oxygen atoms in total. The zero-order valence-corrected chi connectivity index (χ0v) is 15.7. The molecule has 3 aromatic rings. The van der Waals surface area contributed by atoms with Crippen LogP contribution in [-0.2, 0) is 18.0 Å². The minimum Gasteiger partial charge on any atom is -0.378 e. The molecule has 0 unspecified atom stereocenters. The maximum absolute atomic E-state index is 12.9. The second-order valence-corrected chi connectivity index (χ2v) is 6.62. The lowest BCUT2D eigenvalue weighted by atomic mass is 10.1. The second kappa shape index (κ2) is 7.07. The number of rotatable bonds is 2. The van der Waals surface area contributed by atoms with Crippen LogP contribution in [0.15, 0.2) is 23.1 Å². The molecule has 0 aromatic carbocycles. The van der Waals surface area contributed by atoms with E-state index in [1.807, 2.05) is 4.90 Å². The minimum absolute atomic E-state index is 0.101. The molecule has 0 spiro atoms. The van der Waals surface area contributed by atoms with Gasteiger partial charge in [-0.05, 0) is 19.1 Å². The summed E-state index contributed by atoms with van der Waals surface area (Å²) >= 11 is 0. The third-order valence-corrected chi connectivity index (χ3v) is 4.76. The molecule has 0 saturated carbocycles. The van der Waals surface area contributed by atoms with Crippen molar-refractivity contribution < 1.29 is 17.9 Å². The molecule has 29 heavy (non-hydrogen) atoms. The third-order valence-electron chi connectivity index (χ3n) is 4.76. The summed E-state index contributed by atoms with van der Waals surface area (Å²) < 4.78 is 45.3. The standard InChI is InChI=1S/C18H17F3N6O2/c1-10-23-14-13(11-3-4-12(22-9-11)18(19,20)21)24-17(27-5-7-29-8-6-27)25-15(14)16(28)26(10)2/h3-4,9H,5-8H2,1-2H3. The van der Waals surface area contributed by atoms with Crippen molar-refractivity contribution in [1.29, 1.82) is 0 Å². The fraction of sp³-hybridized carbons (Fsp3) is 0.389. The molecule has 0 amide bonds. The summed E-state index contributed by atoms with van der Waals surface area (Å²) in [6.45, 7) is 3.71. The van der Waals surface area contributed by atoms with E-state index in [1.54, 1.807) is 14.0 Å². The van der Waals surface area contributed by atoms with Gasteiger partial charge in [-0.25, -0.2) is 15.0 Å². The van der Waals surface area contributed by atoms with E-state index >= 15 is 0 Å². The molecule has 11 heteroatoms. The van der Waals surface area contributed by atoms with Crippen molar-refractivity contribution in [3.05, 3.63) is 40.2 Å². The molecule has 0 N–H and O–H groups in total. The summed E-state index contributed by atoms with van der Waals surface area (Å²) in [5.74, 6) is 0.741. The van der Waals surface area contributed by atoms with E-state index in [4.69, 9.17) is 4.74 Å². The number of pyridine rings is 1.